The molecule has 0 aliphatic carbocycles. The van der Waals surface area contributed by atoms with E-state index in [4.69, 9.17) is 5.73 Å². The second-order valence-electron chi connectivity index (χ2n) is 3.09. The van der Waals surface area contributed by atoms with Crippen molar-refractivity contribution in [2.45, 2.75) is 19.4 Å². The molecule has 1 heterocycles. The molecule has 0 radical (unpaired) electrons. The number of likely N-dealkylation sites (N-methyl/N-ethyl adjacent to an activating group) is 1. The molecule has 5 heteroatoms. The van der Waals surface area contributed by atoms with Gasteiger partial charge in [-0.25, -0.2) is 0 Å². The van der Waals surface area contributed by atoms with Gasteiger partial charge < -0.3 is 16.0 Å². The first-order valence-electron chi connectivity index (χ1n) is 4.48. The van der Waals surface area contributed by atoms with Gasteiger partial charge in [0.15, 0.2) is 0 Å². The van der Waals surface area contributed by atoms with Crippen LogP contribution in [-0.2, 0) is 9.59 Å². The van der Waals surface area contributed by atoms with E-state index in [9.17, 15) is 9.59 Å². The van der Waals surface area contributed by atoms with Crippen LogP contribution in [0.5, 0.6) is 0 Å². The molecule has 3 N–H and O–H groups in total. The third-order valence-corrected chi connectivity index (χ3v) is 2.15. The molecule has 0 saturated carbocycles. The summed E-state index contributed by atoms with van der Waals surface area (Å²) < 4.78 is 0. The number of carbonyl (C=O) groups is 2. The predicted octanol–water partition coefficient (Wildman–Crippen LogP) is -1.32. The van der Waals surface area contributed by atoms with Gasteiger partial charge in [0.25, 0.3) is 0 Å². The Morgan fingerprint density at radius 3 is 2.85 bits per heavy atom. The van der Waals surface area contributed by atoms with Gasteiger partial charge >= 0.3 is 11.8 Å². The summed E-state index contributed by atoms with van der Waals surface area (Å²) in [6.45, 7) is 3.54. The highest BCUT2D eigenvalue weighted by Gasteiger charge is 2.30. The molecule has 13 heavy (non-hydrogen) atoms. The fourth-order valence-electron chi connectivity index (χ4n) is 1.42. The highest BCUT2D eigenvalue weighted by molar-refractivity contribution is 6.35. The fourth-order valence-corrected chi connectivity index (χ4v) is 1.42. The zero-order valence-electron chi connectivity index (χ0n) is 7.75. The lowest BCUT2D eigenvalue weighted by Gasteiger charge is -2.31. The van der Waals surface area contributed by atoms with Crippen LogP contribution in [0.1, 0.15) is 13.3 Å². The number of hydrogen-bond donors (Lipinski definition) is 2. The summed E-state index contributed by atoms with van der Waals surface area (Å²) in [6, 6.07) is 0.0233. The molecule has 74 valence electrons. The van der Waals surface area contributed by atoms with Gasteiger partial charge in [0.05, 0.1) is 0 Å². The second-order valence-corrected chi connectivity index (χ2v) is 3.09. The quantitative estimate of drug-likeness (QED) is 0.536. The van der Waals surface area contributed by atoms with Crippen LogP contribution in [0, 0.1) is 0 Å². The molecule has 1 rings (SSSR count). The van der Waals surface area contributed by atoms with Crippen LogP contribution >= 0.6 is 0 Å². The minimum absolute atomic E-state index is 0.0233. The van der Waals surface area contributed by atoms with E-state index in [-0.39, 0.29) is 6.04 Å². The van der Waals surface area contributed by atoms with Gasteiger partial charge in [-0.15, -0.1) is 0 Å². The Morgan fingerprint density at radius 2 is 2.31 bits per heavy atom. The van der Waals surface area contributed by atoms with Gasteiger partial charge in [0, 0.05) is 19.1 Å². The van der Waals surface area contributed by atoms with Crippen LogP contribution < -0.4 is 11.1 Å². The van der Waals surface area contributed by atoms with E-state index in [1.54, 1.807) is 4.90 Å². The molecule has 0 aromatic heterocycles. The summed E-state index contributed by atoms with van der Waals surface area (Å²) in [4.78, 5) is 23.8. The summed E-state index contributed by atoms with van der Waals surface area (Å²) >= 11 is 0. The van der Waals surface area contributed by atoms with Crippen molar-refractivity contribution in [2.75, 3.05) is 19.6 Å². The van der Waals surface area contributed by atoms with Crippen molar-refractivity contribution in [3.05, 3.63) is 0 Å². The number of piperazine rings is 1. The maximum Gasteiger partial charge on any atom is 0.311 e. The molecule has 1 atom stereocenters. The summed E-state index contributed by atoms with van der Waals surface area (Å²) in [5.74, 6) is -0.942. The van der Waals surface area contributed by atoms with E-state index in [1.807, 2.05) is 6.92 Å². The predicted molar refractivity (Wildman–Crippen MR) is 47.9 cm³/mol. The van der Waals surface area contributed by atoms with Gasteiger partial charge in [-0.3, -0.25) is 9.59 Å². The molecular formula is C8H15N3O2. The first-order chi connectivity index (χ1) is 6.19. The molecule has 1 unspecified atom stereocenters. The summed E-state index contributed by atoms with van der Waals surface area (Å²) in [5, 5.41) is 2.62. The summed E-state index contributed by atoms with van der Waals surface area (Å²) in [6.07, 6.45) is 0.718. The van der Waals surface area contributed by atoms with Crippen LogP contribution in [0.15, 0.2) is 0 Å². The zero-order chi connectivity index (χ0) is 9.84. The first kappa shape index (κ1) is 9.98. The Morgan fingerprint density at radius 1 is 1.62 bits per heavy atom. The molecule has 0 aromatic carbocycles. The van der Waals surface area contributed by atoms with E-state index in [2.05, 4.69) is 5.32 Å². The van der Waals surface area contributed by atoms with Crippen LogP contribution in [-0.4, -0.2) is 42.4 Å². The topological polar surface area (TPSA) is 75.4 Å². The molecule has 1 fully saturated rings. The Bertz CT molecular complexity index is 217. The number of carbonyl (C=O) groups excluding carboxylic acids is 2. The molecule has 1 aliphatic rings. The first-order valence-corrected chi connectivity index (χ1v) is 4.48. The number of nitrogens with two attached hydrogens (primary N) is 1. The van der Waals surface area contributed by atoms with Crippen molar-refractivity contribution >= 4 is 11.8 Å². The number of hydrogen-bond acceptors (Lipinski definition) is 3. The molecule has 0 bridgehead atoms. The number of amides is 2. The van der Waals surface area contributed by atoms with Gasteiger partial charge in [-0.2, -0.15) is 0 Å². The number of nitrogens with zero attached hydrogens (tertiary/aromatic N) is 1. The van der Waals surface area contributed by atoms with E-state index < -0.39 is 11.8 Å². The third kappa shape index (κ3) is 2.18. The summed E-state index contributed by atoms with van der Waals surface area (Å²) in [5.41, 5.74) is 5.37. The van der Waals surface area contributed by atoms with Crippen molar-refractivity contribution in [3.8, 4) is 0 Å². The van der Waals surface area contributed by atoms with Gasteiger partial charge in [0.2, 0.25) is 0 Å². The van der Waals surface area contributed by atoms with E-state index >= 15 is 0 Å². The van der Waals surface area contributed by atoms with E-state index in [0.717, 1.165) is 6.42 Å². The van der Waals surface area contributed by atoms with Crippen molar-refractivity contribution in [2.24, 2.45) is 5.73 Å². The molecular weight excluding hydrogens is 170 g/mol. The smallest absolute Gasteiger partial charge is 0.311 e. The van der Waals surface area contributed by atoms with Crippen LogP contribution in [0.25, 0.3) is 0 Å². The van der Waals surface area contributed by atoms with Crippen LogP contribution in [0.4, 0.5) is 0 Å². The van der Waals surface area contributed by atoms with E-state index in [1.165, 1.54) is 0 Å². The molecule has 1 saturated heterocycles. The largest absolute Gasteiger partial charge is 0.343 e. The Kier molecular flexibility index (Phi) is 3.25. The van der Waals surface area contributed by atoms with Gasteiger partial charge in [-0.05, 0) is 19.9 Å². The molecule has 1 aliphatic heterocycles. The van der Waals surface area contributed by atoms with Crippen molar-refractivity contribution in [1.82, 2.24) is 10.2 Å². The van der Waals surface area contributed by atoms with Crippen LogP contribution in [0.3, 0.4) is 0 Å². The van der Waals surface area contributed by atoms with E-state index in [0.29, 0.717) is 19.6 Å². The maximum absolute atomic E-state index is 11.2. The van der Waals surface area contributed by atoms with Gasteiger partial charge in [-0.1, -0.05) is 0 Å². The molecule has 0 aromatic rings. The zero-order valence-corrected chi connectivity index (χ0v) is 7.75. The van der Waals surface area contributed by atoms with Crippen molar-refractivity contribution in [3.63, 3.8) is 0 Å². The monoisotopic (exact) mass is 185 g/mol. The minimum atomic E-state index is -0.508. The van der Waals surface area contributed by atoms with Gasteiger partial charge in [0.1, 0.15) is 0 Å². The third-order valence-electron chi connectivity index (χ3n) is 2.15. The number of rotatable bonds is 3. The minimum Gasteiger partial charge on any atom is -0.343 e. The standard InChI is InChI=1S/C8H15N3O2/c1-2-11-5-6(3-4-9)10-7(12)8(11)13/h6H,2-5,9H2,1H3,(H,10,12). The van der Waals surface area contributed by atoms with Crippen LogP contribution in [0.2, 0.25) is 0 Å². The van der Waals surface area contributed by atoms with Crippen molar-refractivity contribution in [1.29, 1.82) is 0 Å². The number of nitrogens with one attached hydrogen (secondary N) is 1. The molecule has 5 nitrogen and oxygen atoms in total. The SMILES string of the molecule is CCN1CC(CCN)NC(=O)C1=O. The highest BCUT2D eigenvalue weighted by atomic mass is 16.2. The average Bonchev–Trinajstić information content (AvgIpc) is 2.11. The van der Waals surface area contributed by atoms with Crippen molar-refractivity contribution < 1.29 is 9.59 Å². The average molecular weight is 185 g/mol. The lowest BCUT2D eigenvalue weighted by molar-refractivity contribution is -0.149. The lowest BCUT2D eigenvalue weighted by atomic mass is 10.1. The maximum atomic E-state index is 11.2. The summed E-state index contributed by atoms with van der Waals surface area (Å²) in [7, 11) is 0. The molecule has 2 amide bonds. The lowest BCUT2D eigenvalue weighted by Crippen LogP contribution is -2.57. The second kappa shape index (κ2) is 4.23. The fraction of sp³-hybridized carbons (Fsp3) is 0.750. The Hall–Kier alpha value is -1.10. The normalized spacial score (nSPS) is 23.2. The highest BCUT2D eigenvalue weighted by Crippen LogP contribution is 2.03. The Balaban J connectivity index is 2.58. The molecule has 0 spiro atoms. The Labute approximate surface area is 77.3 Å².